The first-order chi connectivity index (χ1) is 6.81. The highest BCUT2D eigenvalue weighted by molar-refractivity contribution is 5.60. The number of nitrogens with one attached hydrogen (secondary N) is 1. The number of aryl methyl sites for hydroxylation is 1. The molecule has 72 valence electrons. The summed E-state index contributed by atoms with van der Waals surface area (Å²) in [6, 6.07) is 6.25. The molecule has 1 aromatic heterocycles. The van der Waals surface area contributed by atoms with Gasteiger partial charge in [0.15, 0.2) is 0 Å². The molecule has 3 N–H and O–H groups in total. The average molecular weight is 187 g/mol. The zero-order valence-electron chi connectivity index (χ0n) is 8.12. The van der Waals surface area contributed by atoms with E-state index in [0.717, 1.165) is 11.3 Å². The van der Waals surface area contributed by atoms with E-state index in [0.29, 0.717) is 6.54 Å². The van der Waals surface area contributed by atoms with Crippen LogP contribution >= 0.6 is 0 Å². The molecule has 0 aliphatic rings. The molecule has 0 spiro atoms. The van der Waals surface area contributed by atoms with Crippen LogP contribution < -0.4 is 5.73 Å². The van der Waals surface area contributed by atoms with E-state index in [4.69, 9.17) is 5.73 Å². The van der Waals surface area contributed by atoms with E-state index >= 15 is 0 Å². The summed E-state index contributed by atoms with van der Waals surface area (Å²) in [4.78, 5) is 7.06. The van der Waals surface area contributed by atoms with Gasteiger partial charge in [-0.25, -0.2) is 4.98 Å². The fourth-order valence-corrected chi connectivity index (χ4v) is 1.47. The van der Waals surface area contributed by atoms with Crippen LogP contribution in [0, 0.1) is 6.92 Å². The summed E-state index contributed by atoms with van der Waals surface area (Å²) in [5, 5.41) is 0. The second-order valence-corrected chi connectivity index (χ2v) is 3.31. The van der Waals surface area contributed by atoms with Crippen molar-refractivity contribution < 1.29 is 0 Å². The number of hydrogen-bond donors (Lipinski definition) is 2. The van der Waals surface area contributed by atoms with Gasteiger partial charge in [-0.15, -0.1) is 0 Å². The molecule has 1 aromatic carbocycles. The van der Waals surface area contributed by atoms with Crippen molar-refractivity contribution in [3.63, 3.8) is 0 Å². The van der Waals surface area contributed by atoms with Crippen molar-refractivity contribution in [1.29, 1.82) is 0 Å². The van der Waals surface area contributed by atoms with Gasteiger partial charge in [0.2, 0.25) is 0 Å². The Hall–Kier alpha value is -1.61. The van der Waals surface area contributed by atoms with Crippen molar-refractivity contribution in [2.45, 2.75) is 13.5 Å². The van der Waals surface area contributed by atoms with Crippen molar-refractivity contribution in [1.82, 2.24) is 9.97 Å². The van der Waals surface area contributed by atoms with Gasteiger partial charge in [0.25, 0.3) is 0 Å². The number of aromatic amines is 1. The maximum atomic E-state index is 5.65. The van der Waals surface area contributed by atoms with E-state index in [-0.39, 0.29) is 0 Å². The molecule has 0 radical (unpaired) electrons. The van der Waals surface area contributed by atoms with Gasteiger partial charge in [-0.1, -0.05) is 12.1 Å². The molecule has 3 heteroatoms. The lowest BCUT2D eigenvalue weighted by atomic mass is 10.0. The van der Waals surface area contributed by atoms with Crippen LogP contribution in [0.4, 0.5) is 0 Å². The Labute approximate surface area is 83.0 Å². The number of nitrogens with two attached hydrogens (primary N) is 1. The molecule has 0 atom stereocenters. The summed E-state index contributed by atoms with van der Waals surface area (Å²) < 4.78 is 0. The predicted octanol–water partition coefficient (Wildman–Crippen LogP) is 1.84. The van der Waals surface area contributed by atoms with Crippen molar-refractivity contribution in [2.75, 3.05) is 0 Å². The van der Waals surface area contributed by atoms with Crippen LogP contribution in [0.15, 0.2) is 30.7 Å². The van der Waals surface area contributed by atoms with E-state index in [2.05, 4.69) is 35.1 Å². The van der Waals surface area contributed by atoms with Gasteiger partial charge in [0.1, 0.15) is 0 Å². The Morgan fingerprint density at radius 3 is 2.93 bits per heavy atom. The van der Waals surface area contributed by atoms with Crippen LogP contribution in [-0.4, -0.2) is 9.97 Å². The number of rotatable bonds is 2. The van der Waals surface area contributed by atoms with Crippen molar-refractivity contribution in [3.05, 3.63) is 41.9 Å². The zero-order chi connectivity index (χ0) is 9.97. The third-order valence-corrected chi connectivity index (χ3v) is 2.38. The summed E-state index contributed by atoms with van der Waals surface area (Å²) in [5.74, 6) is 0. The lowest BCUT2D eigenvalue weighted by Crippen LogP contribution is -1.99. The van der Waals surface area contributed by atoms with Crippen LogP contribution in [0.1, 0.15) is 11.1 Å². The molecule has 0 amide bonds. The Kier molecular flexibility index (Phi) is 2.33. The largest absolute Gasteiger partial charge is 0.345 e. The maximum absolute atomic E-state index is 5.65. The third-order valence-electron chi connectivity index (χ3n) is 2.38. The van der Waals surface area contributed by atoms with E-state index < -0.39 is 0 Å². The molecule has 2 rings (SSSR count). The molecule has 2 aromatic rings. The standard InChI is InChI=1S/C11H13N3/c1-8-2-3-9(4-10(8)5-12)11-6-13-7-14-11/h2-4,6-7H,5,12H2,1H3,(H,13,14). The quantitative estimate of drug-likeness (QED) is 0.753. The minimum atomic E-state index is 0.577. The van der Waals surface area contributed by atoms with Crippen molar-refractivity contribution in [3.8, 4) is 11.3 Å². The van der Waals surface area contributed by atoms with E-state index in [1.54, 1.807) is 6.33 Å². The molecule has 14 heavy (non-hydrogen) atoms. The molecule has 0 unspecified atom stereocenters. The number of benzene rings is 1. The van der Waals surface area contributed by atoms with Gasteiger partial charge in [-0.05, 0) is 29.7 Å². The summed E-state index contributed by atoms with van der Waals surface area (Å²) in [7, 11) is 0. The van der Waals surface area contributed by atoms with E-state index in [1.807, 2.05) is 6.20 Å². The van der Waals surface area contributed by atoms with Crippen LogP contribution in [0.2, 0.25) is 0 Å². The minimum absolute atomic E-state index is 0.577. The number of H-pyrrole nitrogens is 1. The first-order valence-electron chi connectivity index (χ1n) is 4.59. The van der Waals surface area contributed by atoms with Crippen LogP contribution in [-0.2, 0) is 6.54 Å². The summed E-state index contributed by atoms with van der Waals surface area (Å²) in [6.45, 7) is 2.65. The topological polar surface area (TPSA) is 54.7 Å². The van der Waals surface area contributed by atoms with Gasteiger partial charge in [0, 0.05) is 6.54 Å². The molecular formula is C11H13N3. The summed E-state index contributed by atoms with van der Waals surface area (Å²) in [5.41, 5.74) is 10.2. The van der Waals surface area contributed by atoms with Crippen molar-refractivity contribution in [2.24, 2.45) is 5.73 Å². The van der Waals surface area contributed by atoms with Gasteiger partial charge in [0.05, 0.1) is 18.2 Å². The van der Waals surface area contributed by atoms with Crippen LogP contribution in [0.5, 0.6) is 0 Å². The molecule has 0 saturated carbocycles. The lowest BCUT2D eigenvalue weighted by molar-refractivity contribution is 1.05. The van der Waals surface area contributed by atoms with Crippen LogP contribution in [0.3, 0.4) is 0 Å². The Morgan fingerprint density at radius 2 is 2.29 bits per heavy atom. The summed E-state index contributed by atoms with van der Waals surface area (Å²) in [6.07, 6.45) is 3.49. The SMILES string of the molecule is Cc1ccc(-c2cnc[nH]2)cc1CN. The second kappa shape index (κ2) is 3.64. The summed E-state index contributed by atoms with van der Waals surface area (Å²) >= 11 is 0. The van der Waals surface area contributed by atoms with Gasteiger partial charge in [-0.2, -0.15) is 0 Å². The Bertz CT molecular complexity index is 418. The number of imidazole rings is 1. The maximum Gasteiger partial charge on any atom is 0.0924 e. The monoisotopic (exact) mass is 187 g/mol. The van der Waals surface area contributed by atoms with Gasteiger partial charge in [-0.3, -0.25) is 0 Å². The Morgan fingerprint density at radius 1 is 1.43 bits per heavy atom. The van der Waals surface area contributed by atoms with E-state index in [1.165, 1.54) is 11.1 Å². The second-order valence-electron chi connectivity index (χ2n) is 3.31. The smallest absolute Gasteiger partial charge is 0.0924 e. The first-order valence-corrected chi connectivity index (χ1v) is 4.59. The van der Waals surface area contributed by atoms with Gasteiger partial charge >= 0.3 is 0 Å². The third kappa shape index (κ3) is 1.54. The van der Waals surface area contributed by atoms with Gasteiger partial charge < -0.3 is 10.7 Å². The molecule has 0 fully saturated rings. The Balaban J connectivity index is 2.46. The highest BCUT2D eigenvalue weighted by Gasteiger charge is 2.01. The number of aromatic nitrogens is 2. The highest BCUT2D eigenvalue weighted by atomic mass is 14.9. The number of nitrogens with zero attached hydrogens (tertiary/aromatic N) is 1. The molecule has 0 bridgehead atoms. The average Bonchev–Trinajstić information content (AvgIpc) is 2.71. The molecular weight excluding hydrogens is 174 g/mol. The zero-order valence-corrected chi connectivity index (χ0v) is 8.12. The van der Waals surface area contributed by atoms with E-state index in [9.17, 15) is 0 Å². The molecule has 0 saturated heterocycles. The normalized spacial score (nSPS) is 10.4. The molecule has 0 aliphatic carbocycles. The highest BCUT2D eigenvalue weighted by Crippen LogP contribution is 2.19. The molecule has 3 nitrogen and oxygen atoms in total. The van der Waals surface area contributed by atoms with Crippen molar-refractivity contribution >= 4 is 0 Å². The molecule has 0 aliphatic heterocycles. The van der Waals surface area contributed by atoms with Crippen LogP contribution in [0.25, 0.3) is 11.3 Å². The fraction of sp³-hybridized carbons (Fsp3) is 0.182. The molecule has 1 heterocycles. The minimum Gasteiger partial charge on any atom is -0.345 e. The lowest BCUT2D eigenvalue weighted by Gasteiger charge is -2.05. The first kappa shape index (κ1) is 8.97. The number of hydrogen-bond acceptors (Lipinski definition) is 2. The fourth-order valence-electron chi connectivity index (χ4n) is 1.47. The predicted molar refractivity (Wildman–Crippen MR) is 56.7 cm³/mol.